The van der Waals surface area contributed by atoms with Gasteiger partial charge in [-0.3, -0.25) is 0 Å². The molecular weight excluding hydrogens is 198 g/mol. The smallest absolute Gasteiger partial charge is 0.125 e. The van der Waals surface area contributed by atoms with Crippen LogP contribution >= 0.6 is 0 Å². The van der Waals surface area contributed by atoms with Gasteiger partial charge in [-0.05, 0) is 32.9 Å². The molecule has 1 N–H and O–H groups in total. The lowest BCUT2D eigenvalue weighted by atomic mass is 9.95. The van der Waals surface area contributed by atoms with Crippen LogP contribution in [0.1, 0.15) is 50.3 Å². The maximum Gasteiger partial charge on any atom is 0.125 e. The lowest BCUT2D eigenvalue weighted by Crippen LogP contribution is -2.33. The van der Waals surface area contributed by atoms with Crippen LogP contribution in [-0.4, -0.2) is 22.6 Å². The van der Waals surface area contributed by atoms with E-state index in [1.165, 1.54) is 0 Å². The van der Waals surface area contributed by atoms with E-state index in [1.807, 2.05) is 13.8 Å². The van der Waals surface area contributed by atoms with Crippen molar-refractivity contribution in [1.82, 2.24) is 15.3 Å². The molecule has 16 heavy (non-hydrogen) atoms. The van der Waals surface area contributed by atoms with Gasteiger partial charge in [-0.15, -0.1) is 0 Å². The van der Waals surface area contributed by atoms with Gasteiger partial charge in [-0.2, -0.15) is 0 Å². The topological polar surface area (TPSA) is 37.8 Å². The predicted octanol–water partition coefficient (Wildman–Crippen LogP) is 2.59. The number of nitrogens with one attached hydrogen (secondary N) is 1. The van der Waals surface area contributed by atoms with Crippen LogP contribution in [0.3, 0.4) is 0 Å². The lowest BCUT2D eigenvalue weighted by Gasteiger charge is -2.23. The number of aromatic nitrogens is 2. The molecule has 0 fully saturated rings. The molecule has 0 amide bonds. The summed E-state index contributed by atoms with van der Waals surface area (Å²) in [5, 5.41) is 3.51. The number of nitrogens with zero attached hydrogens (tertiary/aromatic N) is 2. The summed E-state index contributed by atoms with van der Waals surface area (Å²) in [5.74, 6) is 1.30. The van der Waals surface area contributed by atoms with E-state index in [2.05, 4.69) is 42.1 Å². The second-order valence-corrected chi connectivity index (χ2v) is 4.34. The molecule has 0 saturated heterocycles. The van der Waals surface area contributed by atoms with Crippen molar-refractivity contribution < 1.29 is 0 Å². The van der Waals surface area contributed by atoms with Crippen molar-refractivity contribution >= 4 is 0 Å². The molecule has 0 aliphatic heterocycles. The van der Waals surface area contributed by atoms with Gasteiger partial charge < -0.3 is 5.32 Å². The zero-order valence-electron chi connectivity index (χ0n) is 11.0. The number of likely N-dealkylation sites (N-methyl/N-ethyl adjacent to an activating group) is 1. The molecule has 2 unspecified atom stereocenters. The molecule has 0 aliphatic carbocycles. The largest absolute Gasteiger partial charge is 0.314 e. The van der Waals surface area contributed by atoms with Gasteiger partial charge in [0, 0.05) is 23.3 Å². The standard InChI is InChI=1S/C13H23N3/c1-6-12(14-7-2)10(4)13-8-9(3)15-11(5)16-13/h8,10,12,14H,6-7H2,1-5H3. The van der Waals surface area contributed by atoms with Gasteiger partial charge >= 0.3 is 0 Å². The second kappa shape index (κ2) is 5.94. The average molecular weight is 221 g/mol. The van der Waals surface area contributed by atoms with Crippen LogP contribution in [-0.2, 0) is 0 Å². The van der Waals surface area contributed by atoms with Crippen molar-refractivity contribution in [1.29, 1.82) is 0 Å². The van der Waals surface area contributed by atoms with Gasteiger partial charge in [0.05, 0.1) is 0 Å². The van der Waals surface area contributed by atoms with E-state index in [9.17, 15) is 0 Å². The summed E-state index contributed by atoms with van der Waals surface area (Å²) >= 11 is 0. The Bertz CT molecular complexity index is 316. The monoisotopic (exact) mass is 221 g/mol. The quantitative estimate of drug-likeness (QED) is 0.830. The van der Waals surface area contributed by atoms with E-state index < -0.39 is 0 Å². The molecule has 3 nitrogen and oxygen atoms in total. The van der Waals surface area contributed by atoms with E-state index in [4.69, 9.17) is 0 Å². The zero-order chi connectivity index (χ0) is 12.1. The van der Waals surface area contributed by atoms with E-state index in [0.717, 1.165) is 30.2 Å². The molecule has 1 aromatic heterocycles. The minimum absolute atomic E-state index is 0.436. The van der Waals surface area contributed by atoms with Crippen LogP contribution in [0.25, 0.3) is 0 Å². The molecule has 0 spiro atoms. The normalized spacial score (nSPS) is 14.8. The van der Waals surface area contributed by atoms with Gasteiger partial charge in [-0.1, -0.05) is 20.8 Å². The molecular formula is C13H23N3. The van der Waals surface area contributed by atoms with Crippen LogP contribution < -0.4 is 5.32 Å². The third kappa shape index (κ3) is 3.27. The Hall–Kier alpha value is -0.960. The Balaban J connectivity index is 2.89. The fourth-order valence-electron chi connectivity index (χ4n) is 2.12. The van der Waals surface area contributed by atoms with Gasteiger partial charge in [0.2, 0.25) is 0 Å². The lowest BCUT2D eigenvalue weighted by molar-refractivity contribution is 0.441. The number of hydrogen-bond donors (Lipinski definition) is 1. The Morgan fingerprint density at radius 3 is 2.44 bits per heavy atom. The molecule has 90 valence electrons. The van der Waals surface area contributed by atoms with Crippen LogP contribution in [0.5, 0.6) is 0 Å². The first-order valence-electron chi connectivity index (χ1n) is 6.14. The SMILES string of the molecule is CCNC(CC)C(C)c1cc(C)nc(C)n1. The Morgan fingerprint density at radius 2 is 1.94 bits per heavy atom. The Kier molecular flexibility index (Phi) is 4.87. The van der Waals surface area contributed by atoms with Crippen LogP contribution in [0.2, 0.25) is 0 Å². The van der Waals surface area contributed by atoms with Crippen molar-refractivity contribution in [2.75, 3.05) is 6.54 Å². The maximum absolute atomic E-state index is 4.53. The molecule has 3 heteroatoms. The number of rotatable bonds is 5. The predicted molar refractivity (Wildman–Crippen MR) is 67.7 cm³/mol. The molecule has 2 atom stereocenters. The summed E-state index contributed by atoms with van der Waals surface area (Å²) in [4.78, 5) is 8.85. The van der Waals surface area contributed by atoms with Crippen molar-refractivity contribution in [2.45, 2.75) is 53.0 Å². The molecule has 0 bridgehead atoms. The van der Waals surface area contributed by atoms with Crippen molar-refractivity contribution in [3.63, 3.8) is 0 Å². The highest BCUT2D eigenvalue weighted by Crippen LogP contribution is 2.19. The molecule has 1 aromatic rings. The molecule has 1 heterocycles. The summed E-state index contributed by atoms with van der Waals surface area (Å²) in [5.41, 5.74) is 2.21. The molecule has 0 aliphatic rings. The van der Waals surface area contributed by atoms with Crippen molar-refractivity contribution in [2.24, 2.45) is 0 Å². The average Bonchev–Trinajstić information content (AvgIpc) is 2.23. The van der Waals surface area contributed by atoms with E-state index >= 15 is 0 Å². The first-order valence-corrected chi connectivity index (χ1v) is 6.14. The summed E-state index contributed by atoms with van der Waals surface area (Å²) in [6.45, 7) is 11.6. The first-order chi connectivity index (χ1) is 7.58. The summed E-state index contributed by atoms with van der Waals surface area (Å²) in [6.07, 6.45) is 1.12. The maximum atomic E-state index is 4.53. The Morgan fingerprint density at radius 1 is 1.25 bits per heavy atom. The fourth-order valence-corrected chi connectivity index (χ4v) is 2.12. The van der Waals surface area contributed by atoms with Crippen molar-refractivity contribution in [3.8, 4) is 0 Å². The van der Waals surface area contributed by atoms with Crippen LogP contribution in [0.15, 0.2) is 6.07 Å². The fraction of sp³-hybridized carbons (Fsp3) is 0.692. The highest BCUT2D eigenvalue weighted by atomic mass is 14.9. The third-order valence-electron chi connectivity index (χ3n) is 2.96. The van der Waals surface area contributed by atoms with Gasteiger partial charge in [-0.25, -0.2) is 9.97 Å². The van der Waals surface area contributed by atoms with E-state index in [-0.39, 0.29) is 0 Å². The van der Waals surface area contributed by atoms with Crippen LogP contribution in [0, 0.1) is 13.8 Å². The minimum Gasteiger partial charge on any atom is -0.314 e. The third-order valence-corrected chi connectivity index (χ3v) is 2.96. The summed E-state index contributed by atoms with van der Waals surface area (Å²) < 4.78 is 0. The Labute approximate surface area is 98.7 Å². The highest BCUT2D eigenvalue weighted by Gasteiger charge is 2.18. The molecule has 0 radical (unpaired) electrons. The van der Waals surface area contributed by atoms with E-state index in [1.54, 1.807) is 0 Å². The second-order valence-electron chi connectivity index (χ2n) is 4.34. The van der Waals surface area contributed by atoms with Gasteiger partial charge in [0.15, 0.2) is 0 Å². The molecule has 1 rings (SSSR count). The van der Waals surface area contributed by atoms with Crippen LogP contribution in [0.4, 0.5) is 0 Å². The number of hydrogen-bond acceptors (Lipinski definition) is 3. The van der Waals surface area contributed by atoms with Gasteiger partial charge in [0.1, 0.15) is 5.82 Å². The highest BCUT2D eigenvalue weighted by molar-refractivity contribution is 5.15. The number of aryl methyl sites for hydroxylation is 2. The van der Waals surface area contributed by atoms with Crippen molar-refractivity contribution in [3.05, 3.63) is 23.3 Å². The minimum atomic E-state index is 0.436. The van der Waals surface area contributed by atoms with Gasteiger partial charge in [0.25, 0.3) is 0 Å². The zero-order valence-corrected chi connectivity index (χ0v) is 11.0. The molecule has 0 saturated carbocycles. The van der Waals surface area contributed by atoms with E-state index in [0.29, 0.717) is 12.0 Å². The first kappa shape index (κ1) is 13.1. The summed E-state index contributed by atoms with van der Waals surface area (Å²) in [6, 6.07) is 2.59. The summed E-state index contributed by atoms with van der Waals surface area (Å²) in [7, 11) is 0. The molecule has 0 aromatic carbocycles.